The number of thiophene rings is 1. The van der Waals surface area contributed by atoms with Crippen molar-refractivity contribution in [3.05, 3.63) is 47.3 Å². The Kier molecular flexibility index (Phi) is 5.99. The molecular formula is C20H22N2O5S2. The first kappa shape index (κ1) is 20.9. The Hall–Kier alpha value is -2.78. The average molecular weight is 435 g/mol. The SMILES string of the molecule is CCS(=O)(=O)N(C)c1ccc2sc(C(=O)Nc3ccc(OC)cc3OC)cc2c1. The largest absolute Gasteiger partial charge is 0.497 e. The Bertz CT molecular complexity index is 1150. The lowest BCUT2D eigenvalue weighted by atomic mass is 10.2. The number of rotatable bonds is 7. The second kappa shape index (κ2) is 8.30. The van der Waals surface area contributed by atoms with E-state index >= 15 is 0 Å². The van der Waals surface area contributed by atoms with Gasteiger partial charge in [0.2, 0.25) is 10.0 Å². The van der Waals surface area contributed by atoms with E-state index in [1.165, 1.54) is 29.8 Å². The summed E-state index contributed by atoms with van der Waals surface area (Å²) < 4.78 is 36.8. The highest BCUT2D eigenvalue weighted by Crippen LogP contribution is 2.33. The van der Waals surface area contributed by atoms with Gasteiger partial charge in [0.15, 0.2) is 0 Å². The van der Waals surface area contributed by atoms with Crippen LogP contribution in [0.2, 0.25) is 0 Å². The molecule has 0 radical (unpaired) electrons. The predicted molar refractivity (Wildman–Crippen MR) is 117 cm³/mol. The smallest absolute Gasteiger partial charge is 0.265 e. The van der Waals surface area contributed by atoms with E-state index in [4.69, 9.17) is 9.47 Å². The molecule has 1 amide bonds. The molecule has 1 N–H and O–H groups in total. The fourth-order valence-corrected chi connectivity index (χ4v) is 4.54. The Balaban J connectivity index is 1.88. The summed E-state index contributed by atoms with van der Waals surface area (Å²) in [5, 5.41) is 3.65. The summed E-state index contributed by atoms with van der Waals surface area (Å²) in [6.45, 7) is 1.60. The molecule has 0 fully saturated rings. The minimum Gasteiger partial charge on any atom is -0.497 e. The van der Waals surface area contributed by atoms with Gasteiger partial charge in [0.05, 0.1) is 36.2 Å². The van der Waals surface area contributed by atoms with Gasteiger partial charge in [-0.2, -0.15) is 0 Å². The fraction of sp³-hybridized carbons (Fsp3) is 0.250. The molecule has 3 aromatic rings. The van der Waals surface area contributed by atoms with Crippen LogP contribution in [0.5, 0.6) is 11.5 Å². The van der Waals surface area contributed by atoms with E-state index in [9.17, 15) is 13.2 Å². The van der Waals surface area contributed by atoms with Crippen LogP contribution in [0.15, 0.2) is 42.5 Å². The van der Waals surface area contributed by atoms with Crippen molar-refractivity contribution in [2.45, 2.75) is 6.92 Å². The summed E-state index contributed by atoms with van der Waals surface area (Å²) in [4.78, 5) is 13.2. The molecule has 0 aliphatic carbocycles. The van der Waals surface area contributed by atoms with Gasteiger partial charge >= 0.3 is 0 Å². The van der Waals surface area contributed by atoms with Crippen LogP contribution in [0.4, 0.5) is 11.4 Å². The van der Waals surface area contributed by atoms with Gasteiger partial charge in [-0.15, -0.1) is 11.3 Å². The second-order valence-electron chi connectivity index (χ2n) is 6.22. The van der Waals surface area contributed by atoms with Crippen LogP contribution >= 0.6 is 11.3 Å². The molecule has 1 heterocycles. The Morgan fingerprint density at radius 3 is 2.52 bits per heavy atom. The zero-order valence-corrected chi connectivity index (χ0v) is 18.2. The monoisotopic (exact) mass is 434 g/mol. The number of benzene rings is 2. The number of nitrogens with zero attached hydrogens (tertiary/aromatic N) is 1. The molecule has 29 heavy (non-hydrogen) atoms. The van der Waals surface area contributed by atoms with Gasteiger partial charge in [0.1, 0.15) is 11.5 Å². The summed E-state index contributed by atoms with van der Waals surface area (Å²) in [5.41, 5.74) is 1.09. The van der Waals surface area contributed by atoms with Crippen molar-refractivity contribution >= 4 is 48.7 Å². The molecule has 0 unspecified atom stereocenters. The van der Waals surface area contributed by atoms with Crippen molar-refractivity contribution in [3.8, 4) is 11.5 Å². The van der Waals surface area contributed by atoms with Crippen LogP contribution < -0.4 is 19.1 Å². The number of methoxy groups -OCH3 is 2. The highest BCUT2D eigenvalue weighted by atomic mass is 32.2. The lowest BCUT2D eigenvalue weighted by Gasteiger charge is -2.18. The first-order chi connectivity index (χ1) is 13.8. The lowest BCUT2D eigenvalue weighted by Crippen LogP contribution is -2.27. The molecule has 0 saturated heterocycles. The Labute approximate surface area is 173 Å². The van der Waals surface area contributed by atoms with Crippen molar-refractivity contribution in [1.82, 2.24) is 0 Å². The highest BCUT2D eigenvalue weighted by molar-refractivity contribution is 7.92. The quantitative estimate of drug-likeness (QED) is 0.608. The van der Waals surface area contributed by atoms with E-state index in [2.05, 4.69) is 5.32 Å². The van der Waals surface area contributed by atoms with E-state index in [1.807, 2.05) is 6.07 Å². The van der Waals surface area contributed by atoms with Crippen molar-refractivity contribution in [2.24, 2.45) is 0 Å². The average Bonchev–Trinajstić information content (AvgIpc) is 3.16. The van der Waals surface area contributed by atoms with Crippen LogP contribution in [0.25, 0.3) is 10.1 Å². The van der Waals surface area contributed by atoms with Crippen molar-refractivity contribution in [1.29, 1.82) is 0 Å². The van der Waals surface area contributed by atoms with Crippen LogP contribution in [0.1, 0.15) is 16.6 Å². The number of sulfonamides is 1. The van der Waals surface area contributed by atoms with Gasteiger partial charge in [-0.05, 0) is 48.7 Å². The van der Waals surface area contributed by atoms with Crippen LogP contribution in [0, 0.1) is 0 Å². The highest BCUT2D eigenvalue weighted by Gasteiger charge is 2.18. The maximum atomic E-state index is 12.7. The summed E-state index contributed by atoms with van der Waals surface area (Å²) in [5.74, 6) is 0.862. The fourth-order valence-electron chi connectivity index (χ4n) is 2.78. The van der Waals surface area contributed by atoms with E-state index in [0.717, 1.165) is 10.1 Å². The van der Waals surface area contributed by atoms with Gasteiger partial charge in [-0.3, -0.25) is 9.10 Å². The summed E-state index contributed by atoms with van der Waals surface area (Å²) in [6, 6.07) is 12.2. The Morgan fingerprint density at radius 2 is 1.86 bits per heavy atom. The molecule has 9 heteroatoms. The third kappa shape index (κ3) is 4.30. The number of hydrogen-bond acceptors (Lipinski definition) is 6. The first-order valence-corrected chi connectivity index (χ1v) is 11.2. The standard InChI is InChI=1S/C20H22N2O5S2/c1-5-29(24,25)22(2)14-6-9-18-13(10-14)11-19(28-18)20(23)21-16-8-7-15(26-3)12-17(16)27-4/h6-12H,5H2,1-4H3,(H,21,23). The lowest BCUT2D eigenvalue weighted by molar-refractivity contribution is 0.103. The topological polar surface area (TPSA) is 84.9 Å². The number of anilines is 2. The molecular weight excluding hydrogens is 412 g/mol. The minimum atomic E-state index is -3.35. The third-order valence-corrected chi connectivity index (χ3v) is 7.42. The van der Waals surface area contributed by atoms with E-state index in [0.29, 0.717) is 27.8 Å². The minimum absolute atomic E-state index is 0.0164. The van der Waals surface area contributed by atoms with Gasteiger partial charge < -0.3 is 14.8 Å². The number of carbonyl (C=O) groups is 1. The summed E-state index contributed by atoms with van der Waals surface area (Å²) >= 11 is 1.33. The molecule has 0 aliphatic rings. The van der Waals surface area contributed by atoms with Gasteiger partial charge in [0, 0.05) is 17.8 Å². The number of fused-ring (bicyclic) bond motifs is 1. The maximum absolute atomic E-state index is 12.7. The van der Waals surface area contributed by atoms with E-state index < -0.39 is 10.0 Å². The zero-order valence-electron chi connectivity index (χ0n) is 16.6. The molecule has 1 aromatic heterocycles. The van der Waals surface area contributed by atoms with E-state index in [1.54, 1.807) is 50.4 Å². The number of amides is 1. The number of nitrogens with one attached hydrogen (secondary N) is 1. The summed E-state index contributed by atoms with van der Waals surface area (Å²) in [7, 11) is 1.25. The summed E-state index contributed by atoms with van der Waals surface area (Å²) in [6.07, 6.45) is 0. The number of carbonyl (C=O) groups excluding carboxylic acids is 1. The molecule has 7 nitrogen and oxygen atoms in total. The second-order valence-corrected chi connectivity index (χ2v) is 9.59. The number of ether oxygens (including phenoxy) is 2. The molecule has 0 aliphatic heterocycles. The molecule has 0 spiro atoms. The van der Waals surface area contributed by atoms with Gasteiger partial charge in [-0.25, -0.2) is 8.42 Å². The molecule has 0 saturated carbocycles. The van der Waals surface area contributed by atoms with Crippen LogP contribution in [-0.2, 0) is 10.0 Å². The van der Waals surface area contributed by atoms with Gasteiger partial charge in [0.25, 0.3) is 5.91 Å². The molecule has 0 atom stereocenters. The molecule has 2 aromatic carbocycles. The zero-order chi connectivity index (χ0) is 21.2. The maximum Gasteiger partial charge on any atom is 0.265 e. The Morgan fingerprint density at radius 1 is 1.10 bits per heavy atom. The van der Waals surface area contributed by atoms with Crippen LogP contribution in [0.3, 0.4) is 0 Å². The van der Waals surface area contributed by atoms with Crippen molar-refractivity contribution in [3.63, 3.8) is 0 Å². The van der Waals surface area contributed by atoms with Crippen LogP contribution in [-0.4, -0.2) is 41.3 Å². The molecule has 3 rings (SSSR count). The first-order valence-electron chi connectivity index (χ1n) is 8.82. The van der Waals surface area contributed by atoms with Crippen molar-refractivity contribution in [2.75, 3.05) is 36.6 Å². The van der Waals surface area contributed by atoms with E-state index in [-0.39, 0.29) is 11.7 Å². The molecule has 154 valence electrons. The predicted octanol–water partition coefficient (Wildman–Crippen LogP) is 3.96. The van der Waals surface area contributed by atoms with Crippen molar-refractivity contribution < 1.29 is 22.7 Å². The van der Waals surface area contributed by atoms with Gasteiger partial charge in [-0.1, -0.05) is 0 Å². The number of hydrogen-bond donors (Lipinski definition) is 1. The normalized spacial score (nSPS) is 11.3. The molecule has 0 bridgehead atoms. The third-order valence-electron chi connectivity index (χ3n) is 4.53.